The lowest BCUT2D eigenvalue weighted by Gasteiger charge is -2.21. The van der Waals surface area contributed by atoms with Crippen molar-refractivity contribution in [3.8, 4) is 0 Å². The molecule has 56 valence electrons. The van der Waals surface area contributed by atoms with Gasteiger partial charge in [-0.3, -0.25) is 0 Å². The summed E-state index contributed by atoms with van der Waals surface area (Å²) in [4.78, 5) is 0. The van der Waals surface area contributed by atoms with Gasteiger partial charge in [0.05, 0.1) is 5.60 Å². The van der Waals surface area contributed by atoms with Gasteiger partial charge in [-0.1, -0.05) is 0 Å². The molecule has 0 bridgehead atoms. The minimum atomic E-state index is -1.22. The predicted molar refractivity (Wildman–Crippen MR) is 35.1 cm³/mol. The molecule has 0 aromatic rings. The Labute approximate surface area is 55.1 Å². The highest BCUT2D eigenvalue weighted by Crippen LogP contribution is 2.10. The van der Waals surface area contributed by atoms with Gasteiger partial charge in [-0.15, -0.1) is 0 Å². The normalized spacial score (nSPS) is 15.7. The van der Waals surface area contributed by atoms with Crippen LogP contribution in [0.4, 0.5) is 4.39 Å². The quantitative estimate of drug-likeness (QED) is 0.584. The van der Waals surface area contributed by atoms with Crippen LogP contribution in [0.5, 0.6) is 0 Å². The maximum Gasteiger partial charge on any atom is 0.140 e. The minimum absolute atomic E-state index is 0.198. The molecule has 0 fully saturated rings. The van der Waals surface area contributed by atoms with Crippen molar-refractivity contribution in [3.63, 3.8) is 0 Å². The number of hydrogen-bond donors (Lipinski definition) is 2. The van der Waals surface area contributed by atoms with E-state index >= 15 is 0 Å². The molecule has 0 aliphatic rings. The Morgan fingerprint density at radius 3 is 2.22 bits per heavy atom. The summed E-state index contributed by atoms with van der Waals surface area (Å²) in [5, 5.41) is 11.6. The molecule has 0 saturated heterocycles. The van der Waals surface area contributed by atoms with Crippen LogP contribution in [0.2, 0.25) is 0 Å². The van der Waals surface area contributed by atoms with Crippen molar-refractivity contribution < 1.29 is 9.50 Å². The van der Waals surface area contributed by atoms with Crippen LogP contribution in [0.15, 0.2) is 0 Å². The first-order valence-corrected chi connectivity index (χ1v) is 2.99. The van der Waals surface area contributed by atoms with E-state index in [1.165, 1.54) is 13.8 Å². The highest BCUT2D eigenvalue weighted by atomic mass is 19.1. The van der Waals surface area contributed by atoms with E-state index in [0.717, 1.165) is 0 Å². The van der Waals surface area contributed by atoms with Crippen molar-refractivity contribution in [1.29, 1.82) is 0 Å². The fraction of sp³-hybridized carbons (Fsp3) is 1.00. The van der Waals surface area contributed by atoms with E-state index in [-0.39, 0.29) is 6.54 Å². The van der Waals surface area contributed by atoms with Crippen LogP contribution >= 0.6 is 0 Å². The Kier molecular flexibility index (Phi) is 3.08. The van der Waals surface area contributed by atoms with Crippen molar-refractivity contribution in [2.45, 2.75) is 25.6 Å². The molecule has 0 heterocycles. The lowest BCUT2D eigenvalue weighted by atomic mass is 10.0. The molecule has 0 aliphatic heterocycles. The molecule has 0 spiro atoms. The summed E-state index contributed by atoms with van der Waals surface area (Å²) >= 11 is 0. The van der Waals surface area contributed by atoms with Gasteiger partial charge >= 0.3 is 0 Å². The number of nitrogens with one attached hydrogen (secondary N) is 1. The molecule has 0 radical (unpaired) electrons. The van der Waals surface area contributed by atoms with Gasteiger partial charge in [0, 0.05) is 6.54 Å². The lowest BCUT2D eigenvalue weighted by Crippen LogP contribution is -2.39. The lowest BCUT2D eigenvalue weighted by molar-refractivity contribution is -0.00149. The average Bonchev–Trinajstić information content (AvgIpc) is 1.64. The van der Waals surface area contributed by atoms with Crippen molar-refractivity contribution in [2.75, 3.05) is 13.6 Å². The third-order valence-corrected chi connectivity index (χ3v) is 1.15. The third kappa shape index (κ3) is 3.43. The molecule has 3 heteroatoms. The molecule has 0 aromatic carbocycles. The molecule has 0 saturated carbocycles. The zero-order valence-electron chi connectivity index (χ0n) is 6.11. The Hall–Kier alpha value is -0.150. The molecular formula is C6H14FNO. The molecule has 2 nitrogen and oxygen atoms in total. The van der Waals surface area contributed by atoms with Gasteiger partial charge in [-0.05, 0) is 20.9 Å². The van der Waals surface area contributed by atoms with Crippen LogP contribution in [0.25, 0.3) is 0 Å². The second kappa shape index (κ2) is 3.13. The van der Waals surface area contributed by atoms with E-state index in [0.29, 0.717) is 0 Å². The first kappa shape index (κ1) is 8.85. The molecule has 0 unspecified atom stereocenters. The van der Waals surface area contributed by atoms with Crippen molar-refractivity contribution >= 4 is 0 Å². The van der Waals surface area contributed by atoms with Gasteiger partial charge < -0.3 is 10.4 Å². The van der Waals surface area contributed by atoms with Gasteiger partial charge in [0.15, 0.2) is 0 Å². The van der Waals surface area contributed by atoms with Gasteiger partial charge in [0.25, 0.3) is 0 Å². The first-order chi connectivity index (χ1) is 3.98. The maximum atomic E-state index is 12.6. The van der Waals surface area contributed by atoms with Crippen LogP contribution in [0, 0.1) is 0 Å². The van der Waals surface area contributed by atoms with Crippen LogP contribution in [-0.4, -0.2) is 30.5 Å². The van der Waals surface area contributed by atoms with E-state index in [1.807, 2.05) is 0 Å². The number of alkyl halides is 1. The highest BCUT2D eigenvalue weighted by molar-refractivity contribution is 4.77. The smallest absolute Gasteiger partial charge is 0.140 e. The van der Waals surface area contributed by atoms with Gasteiger partial charge in [0.1, 0.15) is 6.17 Å². The van der Waals surface area contributed by atoms with Crippen molar-refractivity contribution in [3.05, 3.63) is 0 Å². The summed E-state index contributed by atoms with van der Waals surface area (Å²) in [6.45, 7) is 3.10. The van der Waals surface area contributed by atoms with Gasteiger partial charge in [0.2, 0.25) is 0 Å². The summed E-state index contributed by atoms with van der Waals surface area (Å²) < 4.78 is 12.6. The maximum absolute atomic E-state index is 12.6. The minimum Gasteiger partial charge on any atom is -0.387 e. The molecular weight excluding hydrogens is 121 g/mol. The fourth-order valence-corrected chi connectivity index (χ4v) is 0.429. The summed E-state index contributed by atoms with van der Waals surface area (Å²) in [7, 11) is 1.65. The number of rotatable bonds is 3. The molecule has 2 N–H and O–H groups in total. The second-order valence-corrected chi connectivity index (χ2v) is 2.68. The number of halogens is 1. The van der Waals surface area contributed by atoms with E-state index in [4.69, 9.17) is 5.11 Å². The number of hydrogen-bond acceptors (Lipinski definition) is 2. The van der Waals surface area contributed by atoms with Crippen LogP contribution in [0.1, 0.15) is 13.8 Å². The topological polar surface area (TPSA) is 32.3 Å². The molecule has 1 atom stereocenters. The molecule has 0 rings (SSSR count). The van der Waals surface area contributed by atoms with Crippen molar-refractivity contribution in [1.82, 2.24) is 5.32 Å². The van der Waals surface area contributed by atoms with E-state index in [9.17, 15) is 4.39 Å². The summed E-state index contributed by atoms with van der Waals surface area (Å²) in [5.74, 6) is 0. The summed E-state index contributed by atoms with van der Waals surface area (Å²) in [6, 6.07) is 0. The Balaban J connectivity index is 3.59. The third-order valence-electron chi connectivity index (χ3n) is 1.15. The van der Waals surface area contributed by atoms with E-state index in [1.54, 1.807) is 7.05 Å². The molecule has 0 aromatic heterocycles. The predicted octanol–water partition coefficient (Wildman–Crippen LogP) is 0.315. The standard InChI is InChI=1S/C6H14FNO/c1-6(2,9)5(7)4-8-3/h5,8-9H,4H2,1-3H3/t5-/m1/s1. The molecule has 9 heavy (non-hydrogen) atoms. The Bertz CT molecular complexity index is 79.6. The van der Waals surface area contributed by atoms with E-state index < -0.39 is 11.8 Å². The Morgan fingerprint density at radius 1 is 1.67 bits per heavy atom. The van der Waals surface area contributed by atoms with E-state index in [2.05, 4.69) is 5.32 Å². The van der Waals surface area contributed by atoms with Crippen molar-refractivity contribution in [2.24, 2.45) is 0 Å². The first-order valence-electron chi connectivity index (χ1n) is 2.99. The van der Waals surface area contributed by atoms with Gasteiger partial charge in [-0.25, -0.2) is 4.39 Å². The Morgan fingerprint density at radius 2 is 2.11 bits per heavy atom. The largest absolute Gasteiger partial charge is 0.387 e. The fourth-order valence-electron chi connectivity index (χ4n) is 0.429. The zero-order valence-corrected chi connectivity index (χ0v) is 6.11. The van der Waals surface area contributed by atoms with Crippen LogP contribution in [0.3, 0.4) is 0 Å². The SMILES string of the molecule is CNC[C@@H](F)C(C)(C)O. The summed E-state index contributed by atoms with van der Waals surface area (Å²) in [5.41, 5.74) is -1.22. The van der Waals surface area contributed by atoms with Gasteiger partial charge in [-0.2, -0.15) is 0 Å². The van der Waals surface area contributed by atoms with Crippen LogP contribution in [-0.2, 0) is 0 Å². The summed E-state index contributed by atoms with van der Waals surface area (Å²) in [6.07, 6.45) is -1.19. The number of aliphatic hydroxyl groups is 1. The molecule has 0 aliphatic carbocycles. The zero-order chi connectivity index (χ0) is 7.49. The van der Waals surface area contributed by atoms with Crippen LogP contribution < -0.4 is 5.32 Å². The molecule has 0 amide bonds. The monoisotopic (exact) mass is 135 g/mol. The average molecular weight is 135 g/mol. The second-order valence-electron chi connectivity index (χ2n) is 2.68. The highest BCUT2D eigenvalue weighted by Gasteiger charge is 2.24.